The molecule has 1 N–H and O–H groups in total. The number of thiol groups is 1. The van der Waals surface area contributed by atoms with E-state index in [-0.39, 0.29) is 9.80 Å². The summed E-state index contributed by atoms with van der Waals surface area (Å²) < 4.78 is -0.0190. The van der Waals surface area contributed by atoms with Crippen LogP contribution in [0.1, 0.15) is 48.7 Å². The van der Waals surface area contributed by atoms with Gasteiger partial charge in [0.2, 0.25) is 0 Å². The van der Waals surface area contributed by atoms with Crippen LogP contribution in [0.4, 0.5) is 5.82 Å². The lowest BCUT2D eigenvalue weighted by atomic mass is 10.1. The number of anilines is 1. The van der Waals surface area contributed by atoms with Gasteiger partial charge in [-0.15, -0.1) is 0 Å². The Morgan fingerprint density at radius 3 is 2.77 bits per heavy atom. The van der Waals surface area contributed by atoms with Crippen LogP contribution in [0.3, 0.4) is 0 Å². The van der Waals surface area contributed by atoms with Gasteiger partial charge in [0.05, 0.1) is 25.6 Å². The van der Waals surface area contributed by atoms with Crippen molar-refractivity contribution in [3.8, 4) is 0 Å². The summed E-state index contributed by atoms with van der Waals surface area (Å²) in [5.74, 6) is 1.20. The van der Waals surface area contributed by atoms with E-state index >= 15 is 0 Å². The third-order valence-corrected chi connectivity index (χ3v) is 6.22. The zero-order valence-corrected chi connectivity index (χ0v) is 19.3. The van der Waals surface area contributed by atoms with Crippen molar-refractivity contribution in [2.45, 2.75) is 40.7 Å². The molecule has 160 valence electrons. The molecule has 0 saturated carbocycles. The number of hydrogen-bond donors (Lipinski definition) is 2. The first-order valence-electron chi connectivity index (χ1n) is 10.6. The third-order valence-electron chi connectivity index (χ3n) is 5.52. The van der Waals surface area contributed by atoms with Crippen LogP contribution in [0.15, 0.2) is 54.5 Å². The summed E-state index contributed by atoms with van der Waals surface area (Å²) in [7, 11) is 0. The first kappa shape index (κ1) is 22.4. The zero-order chi connectivity index (χ0) is 21.7. The quantitative estimate of drug-likeness (QED) is 0.483. The van der Waals surface area contributed by atoms with Gasteiger partial charge in [-0.1, -0.05) is 43.7 Å². The molecule has 6 heteroatoms. The van der Waals surface area contributed by atoms with Crippen LogP contribution < -0.4 is 5.32 Å². The Morgan fingerprint density at radius 1 is 1.27 bits per heavy atom. The van der Waals surface area contributed by atoms with Crippen molar-refractivity contribution in [3.63, 3.8) is 0 Å². The molecule has 1 aromatic carbocycles. The molecule has 0 saturated heterocycles. The Kier molecular flexibility index (Phi) is 7.21. The monoisotopic (exact) mass is 425 g/mol. The Labute approximate surface area is 185 Å². The molecule has 1 atom stereocenters. The van der Waals surface area contributed by atoms with Gasteiger partial charge in [-0.3, -0.25) is 0 Å². The summed E-state index contributed by atoms with van der Waals surface area (Å²) in [6.45, 7) is 11.4. The molecule has 1 unspecified atom stereocenters. The van der Waals surface area contributed by atoms with Gasteiger partial charge in [-0.05, 0) is 37.0 Å². The average molecular weight is 426 g/mol. The predicted octanol–water partition coefficient (Wildman–Crippen LogP) is 5.03. The first-order chi connectivity index (χ1) is 14.3. The van der Waals surface area contributed by atoms with E-state index in [1.165, 1.54) is 11.1 Å². The number of benzene rings is 1. The molecule has 2 heterocycles. The predicted molar refractivity (Wildman–Crippen MR) is 126 cm³/mol. The van der Waals surface area contributed by atoms with E-state index in [0.29, 0.717) is 23.8 Å². The molecule has 1 amide bonds. The summed E-state index contributed by atoms with van der Waals surface area (Å²) in [6, 6.07) is 12.2. The fraction of sp³-hybridized carbons (Fsp3) is 0.417. The summed E-state index contributed by atoms with van der Waals surface area (Å²) in [4.78, 5) is 20.2. The van der Waals surface area contributed by atoms with Gasteiger partial charge in [0.15, 0.2) is 0 Å². The van der Waals surface area contributed by atoms with Crippen molar-refractivity contribution in [1.29, 1.82) is 0 Å². The van der Waals surface area contributed by atoms with Crippen LogP contribution in [0.5, 0.6) is 0 Å². The Morgan fingerprint density at radius 2 is 2.07 bits per heavy atom. The first-order valence-corrected chi connectivity index (χ1v) is 11.0. The Bertz CT molecular complexity index is 927. The molecular formula is C24H33N4OS+. The summed E-state index contributed by atoms with van der Waals surface area (Å²) in [6.07, 6.45) is 4.82. The number of aryl methyl sites for hydroxylation is 1. The highest BCUT2D eigenvalue weighted by molar-refractivity contribution is 7.74. The fourth-order valence-electron chi connectivity index (χ4n) is 3.70. The van der Waals surface area contributed by atoms with E-state index in [1.54, 1.807) is 6.20 Å². The number of allylic oxidation sites excluding steroid dienone is 1. The van der Waals surface area contributed by atoms with Gasteiger partial charge in [0.25, 0.3) is 0 Å². The molecule has 1 aliphatic rings. The Hall–Kier alpha value is -2.31. The van der Waals surface area contributed by atoms with Crippen LogP contribution in [-0.2, 0) is 6.54 Å². The summed E-state index contributed by atoms with van der Waals surface area (Å²) in [5.41, 5.74) is 4.04. The van der Waals surface area contributed by atoms with Gasteiger partial charge in [0.1, 0.15) is 23.6 Å². The largest absolute Gasteiger partial charge is 0.369 e. The summed E-state index contributed by atoms with van der Waals surface area (Å²) >= 11 is 4.84. The SMILES string of the molecule is CC1=CN(Cc2cccc(C)c2)CC[N+]1(S)C(=O)c1cccnc1NCCC(C)C. The lowest BCUT2D eigenvalue weighted by Gasteiger charge is -2.37. The molecule has 1 aliphatic heterocycles. The van der Waals surface area contributed by atoms with Gasteiger partial charge < -0.3 is 10.2 Å². The van der Waals surface area contributed by atoms with E-state index in [4.69, 9.17) is 12.8 Å². The highest BCUT2D eigenvalue weighted by Crippen LogP contribution is 2.31. The molecule has 0 bridgehead atoms. The number of nitrogens with one attached hydrogen (secondary N) is 1. The molecule has 2 aromatic rings. The zero-order valence-electron chi connectivity index (χ0n) is 18.4. The Balaban J connectivity index is 1.76. The second-order valence-corrected chi connectivity index (χ2v) is 9.22. The van der Waals surface area contributed by atoms with E-state index in [0.717, 1.165) is 31.8 Å². The molecular weight excluding hydrogens is 392 g/mol. The molecule has 0 radical (unpaired) electrons. The van der Waals surface area contributed by atoms with Gasteiger partial charge >= 0.3 is 5.91 Å². The van der Waals surface area contributed by atoms with Crippen molar-refractivity contribution in [2.24, 2.45) is 5.92 Å². The van der Waals surface area contributed by atoms with Gasteiger partial charge in [0, 0.05) is 26.2 Å². The normalized spacial score (nSPS) is 19.0. The van der Waals surface area contributed by atoms with Crippen molar-refractivity contribution < 1.29 is 8.68 Å². The molecule has 1 aromatic heterocycles. The lowest BCUT2D eigenvalue weighted by Crippen LogP contribution is -2.50. The lowest BCUT2D eigenvalue weighted by molar-refractivity contribution is -0.665. The van der Waals surface area contributed by atoms with Gasteiger partial charge in [-0.2, -0.15) is 3.89 Å². The van der Waals surface area contributed by atoms with Crippen molar-refractivity contribution in [2.75, 3.05) is 25.0 Å². The molecule has 30 heavy (non-hydrogen) atoms. The van der Waals surface area contributed by atoms with Crippen molar-refractivity contribution >= 4 is 24.5 Å². The topological polar surface area (TPSA) is 45.2 Å². The van der Waals surface area contributed by atoms with E-state index in [2.05, 4.69) is 66.4 Å². The van der Waals surface area contributed by atoms with Crippen LogP contribution in [-0.4, -0.2) is 39.3 Å². The molecule has 0 fully saturated rings. The molecule has 0 aliphatic carbocycles. The van der Waals surface area contributed by atoms with Crippen LogP contribution in [0.2, 0.25) is 0 Å². The smallest absolute Gasteiger partial charge is 0.365 e. The summed E-state index contributed by atoms with van der Waals surface area (Å²) in [5, 5.41) is 3.34. The van der Waals surface area contributed by atoms with E-state index in [9.17, 15) is 4.79 Å². The van der Waals surface area contributed by atoms with E-state index in [1.807, 2.05) is 19.1 Å². The van der Waals surface area contributed by atoms with Crippen LogP contribution in [0.25, 0.3) is 0 Å². The second-order valence-electron chi connectivity index (χ2n) is 8.54. The van der Waals surface area contributed by atoms with Crippen LogP contribution in [0, 0.1) is 12.8 Å². The maximum Gasteiger partial charge on any atom is 0.365 e. The number of quaternary nitrogens is 1. The molecule has 5 nitrogen and oxygen atoms in total. The second kappa shape index (κ2) is 9.67. The minimum Gasteiger partial charge on any atom is -0.369 e. The highest BCUT2D eigenvalue weighted by Gasteiger charge is 2.41. The minimum absolute atomic E-state index is 0.0190. The standard InChI is InChI=1S/C24H32N4OS/c1-18(2)10-12-26-23-22(9-6-11-25-23)24(29)28(30)14-13-27(16-20(28)4)17-21-8-5-7-19(3)15-21/h5-9,11,15-16,18,30H,10,12-14,17H2,1-4H3/p+1. The number of nitrogens with zero attached hydrogens (tertiary/aromatic N) is 3. The van der Waals surface area contributed by atoms with Crippen LogP contribution >= 0.6 is 12.8 Å². The number of amides is 1. The molecule has 3 rings (SSSR count). The average Bonchev–Trinajstić information content (AvgIpc) is 2.70. The number of carbonyl (C=O) groups is 1. The van der Waals surface area contributed by atoms with E-state index < -0.39 is 0 Å². The fourth-order valence-corrected chi connectivity index (χ4v) is 3.95. The maximum absolute atomic E-state index is 13.5. The number of aromatic nitrogens is 1. The third kappa shape index (κ3) is 5.24. The van der Waals surface area contributed by atoms with Gasteiger partial charge in [-0.25, -0.2) is 9.78 Å². The van der Waals surface area contributed by atoms with Crippen molar-refractivity contribution in [3.05, 3.63) is 71.2 Å². The number of rotatable bonds is 7. The molecule has 0 spiro atoms. The number of hydrogen-bond acceptors (Lipinski definition) is 5. The van der Waals surface area contributed by atoms with Crippen molar-refractivity contribution in [1.82, 2.24) is 9.88 Å². The minimum atomic E-state index is -0.0394. The number of pyridine rings is 1. The maximum atomic E-state index is 13.5. The number of carbonyl (C=O) groups excluding carboxylic acids is 1. The highest BCUT2D eigenvalue weighted by atomic mass is 32.1.